The van der Waals surface area contributed by atoms with Gasteiger partial charge in [-0.05, 0) is 56.2 Å². The molecule has 7 N–H and O–H groups in total. The largest absolute Gasteiger partial charge is 0.507 e. The Hall–Kier alpha value is -2.43. The summed E-state index contributed by atoms with van der Waals surface area (Å²) in [5, 5.41) is 16.8. The maximum absolute atomic E-state index is 12.8. The number of piperidine rings is 1. The lowest BCUT2D eigenvalue weighted by Gasteiger charge is -2.36. The molecule has 184 valence electrons. The van der Waals surface area contributed by atoms with E-state index in [4.69, 9.17) is 11.5 Å². The number of nitrogens with two attached hydrogens (primary N) is 2. The molecule has 0 saturated carbocycles. The topological polar surface area (TPSA) is 103 Å². The molecule has 2 aliphatic heterocycles. The summed E-state index contributed by atoms with van der Waals surface area (Å²) in [6.07, 6.45) is -0.776. The van der Waals surface area contributed by atoms with Crippen LogP contribution in [0.4, 0.5) is 13.2 Å². The molecular formula is C23H35F3N6O. The van der Waals surface area contributed by atoms with Crippen molar-refractivity contribution in [3.8, 4) is 5.75 Å². The number of nitrogens with one attached hydrogen (secondary N) is 2. The highest BCUT2D eigenvalue weighted by atomic mass is 19.4. The molecule has 2 heterocycles. The van der Waals surface area contributed by atoms with E-state index < -0.39 is 17.5 Å². The highest BCUT2D eigenvalue weighted by Gasteiger charge is 2.31. The van der Waals surface area contributed by atoms with Crippen LogP contribution in [0.15, 0.2) is 35.7 Å². The van der Waals surface area contributed by atoms with E-state index in [0.717, 1.165) is 71.3 Å². The van der Waals surface area contributed by atoms with Gasteiger partial charge in [-0.1, -0.05) is 0 Å². The average Bonchev–Trinajstić information content (AvgIpc) is 2.77. The maximum atomic E-state index is 12.8. The van der Waals surface area contributed by atoms with Crippen LogP contribution in [-0.4, -0.2) is 73.3 Å². The van der Waals surface area contributed by atoms with Crippen LogP contribution >= 0.6 is 0 Å². The molecule has 0 aromatic heterocycles. The lowest BCUT2D eigenvalue weighted by atomic mass is 10.0. The molecule has 2 fully saturated rings. The van der Waals surface area contributed by atoms with Crippen LogP contribution in [0.2, 0.25) is 0 Å². The first kappa shape index (κ1) is 25.2. The number of hydrogen-bond donors (Lipinski definition) is 5. The molecular weight excluding hydrogens is 433 g/mol. The molecule has 10 heteroatoms. The zero-order valence-electron chi connectivity index (χ0n) is 19.1. The molecule has 1 atom stereocenters. The quantitative estimate of drug-likeness (QED) is 0.389. The third-order valence-corrected chi connectivity index (χ3v) is 6.23. The molecule has 33 heavy (non-hydrogen) atoms. The van der Waals surface area contributed by atoms with Gasteiger partial charge >= 0.3 is 6.18 Å². The van der Waals surface area contributed by atoms with E-state index in [0.29, 0.717) is 17.5 Å². The van der Waals surface area contributed by atoms with Gasteiger partial charge in [-0.3, -0.25) is 4.90 Å². The smallest absolute Gasteiger partial charge is 0.416 e. The zero-order valence-corrected chi connectivity index (χ0v) is 19.1. The SMILES string of the molecule is CC(/C=C(\N)NC1CCCN(CCN2CCNCC2)C1)=C(/N)c1ccc(C(F)(F)F)cc1O. The number of alkyl halides is 3. The van der Waals surface area contributed by atoms with Crippen LogP contribution < -0.4 is 22.1 Å². The molecule has 0 radical (unpaired) electrons. The number of likely N-dealkylation sites (tertiary alicyclic amines) is 1. The van der Waals surface area contributed by atoms with Gasteiger partial charge in [-0.15, -0.1) is 0 Å². The summed E-state index contributed by atoms with van der Waals surface area (Å²) in [7, 11) is 0. The summed E-state index contributed by atoms with van der Waals surface area (Å²) in [6, 6.07) is 2.97. The van der Waals surface area contributed by atoms with E-state index in [2.05, 4.69) is 20.4 Å². The van der Waals surface area contributed by atoms with E-state index in [9.17, 15) is 18.3 Å². The summed E-state index contributed by atoms with van der Waals surface area (Å²) < 4.78 is 38.5. The molecule has 1 unspecified atom stereocenters. The van der Waals surface area contributed by atoms with Gasteiger partial charge < -0.3 is 32.1 Å². The van der Waals surface area contributed by atoms with Crippen molar-refractivity contribution in [1.82, 2.24) is 20.4 Å². The second kappa shape index (κ2) is 11.1. The zero-order chi connectivity index (χ0) is 24.0. The Bertz CT molecular complexity index is 864. The van der Waals surface area contributed by atoms with Crippen LogP contribution in [0.3, 0.4) is 0 Å². The van der Waals surface area contributed by atoms with Crippen molar-refractivity contribution in [2.24, 2.45) is 11.5 Å². The molecule has 0 bridgehead atoms. The second-order valence-corrected chi connectivity index (χ2v) is 8.80. The fraction of sp³-hybridized carbons (Fsp3) is 0.565. The minimum absolute atomic E-state index is 0.140. The molecule has 2 saturated heterocycles. The second-order valence-electron chi connectivity index (χ2n) is 8.80. The van der Waals surface area contributed by atoms with Gasteiger partial charge in [-0.2, -0.15) is 13.2 Å². The minimum Gasteiger partial charge on any atom is -0.507 e. The van der Waals surface area contributed by atoms with Gasteiger partial charge in [0.15, 0.2) is 0 Å². The molecule has 0 amide bonds. The Balaban J connectivity index is 1.58. The molecule has 1 aromatic carbocycles. The van der Waals surface area contributed by atoms with Crippen molar-refractivity contribution in [3.05, 3.63) is 46.8 Å². The van der Waals surface area contributed by atoms with Crippen molar-refractivity contribution in [2.75, 3.05) is 52.4 Å². The Morgan fingerprint density at radius 1 is 1.18 bits per heavy atom. The predicted octanol–water partition coefficient (Wildman–Crippen LogP) is 1.86. The highest BCUT2D eigenvalue weighted by molar-refractivity contribution is 5.72. The Morgan fingerprint density at radius 3 is 2.55 bits per heavy atom. The first-order valence-electron chi connectivity index (χ1n) is 11.4. The number of phenolic OH excluding ortho intramolecular Hbond substituents is 1. The van der Waals surface area contributed by atoms with Gasteiger partial charge in [-0.25, -0.2) is 0 Å². The number of halogens is 3. The Labute approximate surface area is 193 Å². The predicted molar refractivity (Wildman–Crippen MR) is 124 cm³/mol. The number of benzene rings is 1. The molecule has 0 spiro atoms. The van der Waals surface area contributed by atoms with Crippen molar-refractivity contribution < 1.29 is 18.3 Å². The van der Waals surface area contributed by atoms with E-state index in [1.807, 2.05) is 0 Å². The first-order chi connectivity index (χ1) is 15.6. The van der Waals surface area contributed by atoms with Crippen molar-refractivity contribution in [1.29, 1.82) is 0 Å². The van der Waals surface area contributed by atoms with E-state index >= 15 is 0 Å². The summed E-state index contributed by atoms with van der Waals surface area (Å²) in [6.45, 7) is 10.1. The van der Waals surface area contributed by atoms with Gasteiger partial charge in [0.05, 0.1) is 11.4 Å². The summed E-state index contributed by atoms with van der Waals surface area (Å²) in [5.74, 6) is -0.0789. The minimum atomic E-state index is -4.53. The Kier molecular flexibility index (Phi) is 8.50. The average molecular weight is 469 g/mol. The number of rotatable bonds is 7. The van der Waals surface area contributed by atoms with Gasteiger partial charge in [0.25, 0.3) is 0 Å². The third-order valence-electron chi connectivity index (χ3n) is 6.23. The van der Waals surface area contributed by atoms with Crippen molar-refractivity contribution >= 4 is 5.70 Å². The maximum Gasteiger partial charge on any atom is 0.416 e. The van der Waals surface area contributed by atoms with Crippen LogP contribution in [0, 0.1) is 0 Å². The van der Waals surface area contributed by atoms with Gasteiger partial charge in [0.2, 0.25) is 0 Å². The molecule has 1 aromatic rings. The van der Waals surface area contributed by atoms with Crippen molar-refractivity contribution in [3.63, 3.8) is 0 Å². The molecule has 3 rings (SSSR count). The lowest BCUT2D eigenvalue weighted by Crippen LogP contribution is -2.50. The standard InChI is InChI=1S/C23H35F3N6O/c1-16(22(28)19-5-4-17(14-20(19)33)23(24,25)26)13-21(27)30-18-3-2-8-32(15-18)12-11-31-9-6-29-7-10-31/h4-5,13-14,18,29-30,33H,2-3,6-12,15,27-28H2,1H3/b21-13+,22-16-. The van der Waals surface area contributed by atoms with Crippen LogP contribution in [0.1, 0.15) is 30.9 Å². The fourth-order valence-corrected chi connectivity index (χ4v) is 4.33. The number of allylic oxidation sites excluding steroid dienone is 2. The van der Waals surface area contributed by atoms with Gasteiger partial charge in [0, 0.05) is 63.1 Å². The molecule has 2 aliphatic rings. The normalized spacial score (nSPS) is 22.2. The number of aromatic hydroxyl groups is 1. The van der Waals surface area contributed by atoms with Crippen molar-refractivity contribution in [2.45, 2.75) is 32.0 Å². The lowest BCUT2D eigenvalue weighted by molar-refractivity contribution is -0.137. The number of hydrogen-bond acceptors (Lipinski definition) is 7. The van der Waals surface area contributed by atoms with E-state index in [-0.39, 0.29) is 17.3 Å². The van der Waals surface area contributed by atoms with Crippen LogP contribution in [0.25, 0.3) is 5.70 Å². The highest BCUT2D eigenvalue weighted by Crippen LogP contribution is 2.34. The summed E-state index contributed by atoms with van der Waals surface area (Å²) >= 11 is 0. The molecule has 0 aliphatic carbocycles. The summed E-state index contributed by atoms with van der Waals surface area (Å²) in [5.41, 5.74) is 12.2. The summed E-state index contributed by atoms with van der Waals surface area (Å²) in [4.78, 5) is 4.93. The molecule has 7 nitrogen and oxygen atoms in total. The third kappa shape index (κ3) is 7.28. The van der Waals surface area contributed by atoms with Crippen LogP contribution in [-0.2, 0) is 6.18 Å². The van der Waals surface area contributed by atoms with E-state index in [1.165, 1.54) is 6.07 Å². The number of phenols is 1. The number of nitrogens with zero attached hydrogens (tertiary/aromatic N) is 2. The number of piperazine rings is 1. The first-order valence-corrected chi connectivity index (χ1v) is 11.4. The Morgan fingerprint density at radius 2 is 1.88 bits per heavy atom. The monoisotopic (exact) mass is 468 g/mol. The van der Waals surface area contributed by atoms with Gasteiger partial charge in [0.1, 0.15) is 5.75 Å². The fourth-order valence-electron chi connectivity index (χ4n) is 4.33. The van der Waals surface area contributed by atoms with E-state index in [1.54, 1.807) is 13.0 Å². The van der Waals surface area contributed by atoms with Crippen LogP contribution in [0.5, 0.6) is 5.75 Å².